The van der Waals surface area contributed by atoms with E-state index in [2.05, 4.69) is 21.4 Å². The van der Waals surface area contributed by atoms with Gasteiger partial charge in [-0.1, -0.05) is 12.2 Å². The van der Waals surface area contributed by atoms with Crippen molar-refractivity contribution in [1.29, 1.82) is 0 Å². The molecule has 1 atom stereocenters. The maximum Gasteiger partial charge on any atom is 0.266 e. The fourth-order valence-electron chi connectivity index (χ4n) is 1.80. The number of nitrogens with one attached hydrogen (secondary N) is 3. The minimum atomic E-state index is -0.109. The highest BCUT2D eigenvalue weighted by Gasteiger charge is 2.34. The van der Waals surface area contributed by atoms with Crippen molar-refractivity contribution in [2.45, 2.75) is 0 Å². The normalized spacial score (nSPS) is 27.3. The maximum atomic E-state index is 11.6. The lowest BCUT2D eigenvalue weighted by Crippen LogP contribution is -2.34. The van der Waals surface area contributed by atoms with Crippen LogP contribution >= 0.6 is 0 Å². The summed E-state index contributed by atoms with van der Waals surface area (Å²) in [4.78, 5) is 11.6. The average Bonchev–Trinajstić information content (AvgIpc) is 2.53. The molecule has 0 radical (unpaired) electrons. The standard InChI is InChI=1S/C9H8N4O/c14-9-5-2-1-3-6-8(5)7(12-11-6)4-10-13-9/h1-4,8,10,12H,(H,13,14). The third kappa shape index (κ3) is 0.834. The molecular weight excluding hydrogens is 180 g/mol. The van der Waals surface area contributed by atoms with Gasteiger partial charge in [0.1, 0.15) is 0 Å². The van der Waals surface area contributed by atoms with Crippen molar-refractivity contribution in [2.24, 2.45) is 11.0 Å². The zero-order valence-electron chi connectivity index (χ0n) is 7.24. The first-order chi connectivity index (χ1) is 6.86. The molecule has 0 saturated heterocycles. The van der Waals surface area contributed by atoms with Gasteiger partial charge in [-0.2, -0.15) is 5.10 Å². The van der Waals surface area contributed by atoms with Crippen LogP contribution in [0.1, 0.15) is 0 Å². The van der Waals surface area contributed by atoms with Crippen LogP contribution in [-0.4, -0.2) is 11.6 Å². The largest absolute Gasteiger partial charge is 0.304 e. The van der Waals surface area contributed by atoms with Gasteiger partial charge in [0.15, 0.2) is 0 Å². The van der Waals surface area contributed by atoms with E-state index >= 15 is 0 Å². The Labute approximate surface area is 80.2 Å². The quantitative estimate of drug-likeness (QED) is 0.481. The number of amides is 1. The number of nitrogens with zero attached hydrogens (tertiary/aromatic N) is 1. The molecule has 2 heterocycles. The van der Waals surface area contributed by atoms with Gasteiger partial charge in [0.05, 0.1) is 17.3 Å². The number of carbonyl (C=O) groups is 1. The van der Waals surface area contributed by atoms with Crippen LogP contribution in [0.3, 0.4) is 0 Å². The van der Waals surface area contributed by atoms with Crippen LogP contribution in [0.4, 0.5) is 0 Å². The van der Waals surface area contributed by atoms with Crippen LogP contribution in [0, 0.1) is 5.92 Å². The highest BCUT2D eigenvalue weighted by molar-refractivity contribution is 6.11. The molecule has 0 fully saturated rings. The molecule has 0 aromatic carbocycles. The molecule has 1 amide bonds. The summed E-state index contributed by atoms with van der Waals surface area (Å²) in [6.07, 6.45) is 7.27. The molecule has 0 saturated carbocycles. The third-order valence-corrected chi connectivity index (χ3v) is 2.45. The van der Waals surface area contributed by atoms with E-state index in [-0.39, 0.29) is 11.8 Å². The van der Waals surface area contributed by atoms with Crippen molar-refractivity contribution in [1.82, 2.24) is 16.3 Å². The van der Waals surface area contributed by atoms with Gasteiger partial charge in [0.25, 0.3) is 5.91 Å². The molecule has 14 heavy (non-hydrogen) atoms. The smallest absolute Gasteiger partial charge is 0.266 e. The minimum Gasteiger partial charge on any atom is -0.304 e. The Morgan fingerprint density at radius 3 is 3.29 bits per heavy atom. The van der Waals surface area contributed by atoms with Crippen molar-refractivity contribution >= 4 is 11.6 Å². The molecule has 3 rings (SSSR count). The van der Waals surface area contributed by atoms with E-state index in [1.807, 2.05) is 18.2 Å². The van der Waals surface area contributed by atoms with Gasteiger partial charge in [0.2, 0.25) is 0 Å². The Balaban J connectivity index is 2.16. The fraction of sp³-hybridized carbons (Fsp3) is 0.111. The monoisotopic (exact) mass is 188 g/mol. The van der Waals surface area contributed by atoms with Crippen LogP contribution in [0.25, 0.3) is 0 Å². The zero-order chi connectivity index (χ0) is 9.54. The number of hydrogen-bond donors (Lipinski definition) is 3. The van der Waals surface area contributed by atoms with Gasteiger partial charge in [-0.25, -0.2) is 0 Å². The predicted molar refractivity (Wildman–Crippen MR) is 50.6 cm³/mol. The highest BCUT2D eigenvalue weighted by Crippen LogP contribution is 2.29. The van der Waals surface area contributed by atoms with Crippen molar-refractivity contribution < 1.29 is 4.79 Å². The van der Waals surface area contributed by atoms with E-state index in [0.29, 0.717) is 5.57 Å². The summed E-state index contributed by atoms with van der Waals surface area (Å²) in [6.45, 7) is 0. The predicted octanol–water partition coefficient (Wildman–Crippen LogP) is -0.466. The first kappa shape index (κ1) is 7.37. The van der Waals surface area contributed by atoms with E-state index in [0.717, 1.165) is 11.4 Å². The van der Waals surface area contributed by atoms with Crippen LogP contribution < -0.4 is 16.3 Å². The van der Waals surface area contributed by atoms with E-state index in [4.69, 9.17) is 0 Å². The van der Waals surface area contributed by atoms with Crippen LogP contribution in [0.15, 0.2) is 40.8 Å². The zero-order valence-corrected chi connectivity index (χ0v) is 7.24. The summed E-state index contributed by atoms with van der Waals surface area (Å²) >= 11 is 0. The van der Waals surface area contributed by atoms with Crippen molar-refractivity contribution in [2.75, 3.05) is 0 Å². The Hall–Kier alpha value is -2.04. The molecular formula is C9H8N4O. The first-order valence-electron chi connectivity index (χ1n) is 4.34. The lowest BCUT2D eigenvalue weighted by Gasteiger charge is -2.14. The highest BCUT2D eigenvalue weighted by atomic mass is 16.2. The molecule has 0 aromatic rings. The summed E-state index contributed by atoms with van der Waals surface area (Å²) < 4.78 is 0. The van der Waals surface area contributed by atoms with E-state index < -0.39 is 0 Å². The summed E-state index contributed by atoms with van der Waals surface area (Å²) in [5, 5.41) is 4.13. The molecule has 1 aliphatic carbocycles. The SMILES string of the molecule is O=C1NNC=C2NN=C3C=CC=C1C23. The second-order valence-electron chi connectivity index (χ2n) is 3.26. The van der Waals surface area contributed by atoms with Gasteiger partial charge in [-0.15, -0.1) is 0 Å². The second-order valence-corrected chi connectivity index (χ2v) is 3.26. The number of rotatable bonds is 0. The van der Waals surface area contributed by atoms with Crippen LogP contribution in [-0.2, 0) is 4.79 Å². The molecule has 0 bridgehead atoms. The second kappa shape index (κ2) is 2.47. The van der Waals surface area contributed by atoms with Gasteiger partial charge in [-0.05, 0) is 6.08 Å². The summed E-state index contributed by atoms with van der Waals surface area (Å²) in [6, 6.07) is 0. The van der Waals surface area contributed by atoms with Crippen LogP contribution in [0.5, 0.6) is 0 Å². The summed E-state index contributed by atoms with van der Waals surface area (Å²) in [5.74, 6) is -0.142. The molecule has 5 heteroatoms. The Morgan fingerprint density at radius 2 is 2.36 bits per heavy atom. The maximum absolute atomic E-state index is 11.6. The van der Waals surface area contributed by atoms with Crippen molar-refractivity contribution in [3.05, 3.63) is 35.7 Å². The molecule has 2 aliphatic heterocycles. The number of carbonyl (C=O) groups excluding carboxylic acids is 1. The molecule has 70 valence electrons. The molecule has 0 aromatic heterocycles. The number of allylic oxidation sites excluding steroid dienone is 4. The lowest BCUT2D eigenvalue weighted by atomic mass is 9.88. The third-order valence-electron chi connectivity index (χ3n) is 2.45. The minimum absolute atomic E-state index is 0.0324. The van der Waals surface area contributed by atoms with Crippen molar-refractivity contribution in [3.8, 4) is 0 Å². The summed E-state index contributed by atoms with van der Waals surface area (Å²) in [7, 11) is 0. The average molecular weight is 188 g/mol. The topological polar surface area (TPSA) is 65.5 Å². The molecule has 0 spiro atoms. The Bertz CT molecular complexity index is 430. The van der Waals surface area contributed by atoms with Crippen LogP contribution in [0.2, 0.25) is 0 Å². The van der Waals surface area contributed by atoms with Gasteiger partial charge >= 0.3 is 0 Å². The van der Waals surface area contributed by atoms with Crippen molar-refractivity contribution in [3.63, 3.8) is 0 Å². The van der Waals surface area contributed by atoms with E-state index in [1.54, 1.807) is 6.20 Å². The molecule has 3 aliphatic rings. The van der Waals surface area contributed by atoms with Gasteiger partial charge in [0, 0.05) is 11.8 Å². The van der Waals surface area contributed by atoms with Gasteiger partial charge in [-0.3, -0.25) is 15.6 Å². The van der Waals surface area contributed by atoms with E-state index in [9.17, 15) is 4.79 Å². The number of hydrazine groups is 1. The molecule has 3 N–H and O–H groups in total. The number of hydrogen-bond acceptors (Lipinski definition) is 4. The summed E-state index contributed by atoms with van der Waals surface area (Å²) in [5.41, 5.74) is 10.7. The van der Waals surface area contributed by atoms with E-state index in [1.165, 1.54) is 0 Å². The Morgan fingerprint density at radius 1 is 1.43 bits per heavy atom. The molecule has 1 unspecified atom stereocenters. The van der Waals surface area contributed by atoms with Gasteiger partial charge < -0.3 is 5.43 Å². The lowest BCUT2D eigenvalue weighted by molar-refractivity contribution is -0.118. The number of hydrazone groups is 1. The molecule has 5 nitrogen and oxygen atoms in total. The Kier molecular flexibility index (Phi) is 1.30. The first-order valence-corrected chi connectivity index (χ1v) is 4.34. The fourth-order valence-corrected chi connectivity index (χ4v) is 1.80.